The third-order valence-electron chi connectivity index (χ3n) is 4.45. The summed E-state index contributed by atoms with van der Waals surface area (Å²) < 4.78 is 6.37. The molecule has 0 unspecified atom stereocenters. The van der Waals surface area contributed by atoms with Gasteiger partial charge in [0.2, 0.25) is 11.7 Å². The van der Waals surface area contributed by atoms with E-state index in [0.717, 1.165) is 32.7 Å². The van der Waals surface area contributed by atoms with E-state index in [0.29, 0.717) is 23.4 Å². The minimum Gasteiger partial charge on any atom is -0.338 e. The fourth-order valence-electron chi connectivity index (χ4n) is 3.00. The quantitative estimate of drug-likeness (QED) is 0.283. The summed E-state index contributed by atoms with van der Waals surface area (Å²) in [6.07, 6.45) is 1.08. The van der Waals surface area contributed by atoms with E-state index >= 15 is 0 Å². The normalized spacial score (nSPS) is 11.2. The molecular weight excluding hydrogens is 460 g/mol. The average molecular weight is 481 g/mol. The monoisotopic (exact) mass is 480 g/mol. The summed E-state index contributed by atoms with van der Waals surface area (Å²) >= 11 is 4.95. The van der Waals surface area contributed by atoms with Crippen LogP contribution >= 0.6 is 27.7 Å². The van der Waals surface area contributed by atoms with E-state index in [2.05, 4.69) is 74.4 Å². The summed E-state index contributed by atoms with van der Waals surface area (Å²) in [5, 5.41) is 13.6. The van der Waals surface area contributed by atoms with Crippen LogP contribution in [0, 0.1) is 5.92 Å². The van der Waals surface area contributed by atoms with Crippen molar-refractivity contribution in [2.24, 2.45) is 5.92 Å². The van der Waals surface area contributed by atoms with Gasteiger partial charge in [0.05, 0.1) is 11.4 Å². The van der Waals surface area contributed by atoms with Crippen LogP contribution in [-0.2, 0) is 12.2 Å². The van der Waals surface area contributed by atoms with Gasteiger partial charge in [-0.25, -0.2) is 0 Å². The first-order valence-electron chi connectivity index (χ1n) is 9.71. The van der Waals surface area contributed by atoms with Crippen LogP contribution in [0.3, 0.4) is 0 Å². The van der Waals surface area contributed by atoms with E-state index < -0.39 is 0 Å². The van der Waals surface area contributed by atoms with Gasteiger partial charge in [-0.1, -0.05) is 71.0 Å². The van der Waals surface area contributed by atoms with Gasteiger partial charge in [-0.05, 0) is 54.3 Å². The van der Waals surface area contributed by atoms with E-state index in [4.69, 9.17) is 4.52 Å². The number of hydrogen-bond acceptors (Lipinski definition) is 6. The van der Waals surface area contributed by atoms with Crippen LogP contribution in [0.1, 0.15) is 25.3 Å². The van der Waals surface area contributed by atoms with Gasteiger partial charge in [0.25, 0.3) is 0 Å². The molecule has 0 aliphatic rings. The van der Waals surface area contributed by atoms with Crippen LogP contribution < -0.4 is 0 Å². The second-order valence-corrected chi connectivity index (χ2v) is 9.27. The van der Waals surface area contributed by atoms with Crippen molar-refractivity contribution >= 4 is 27.7 Å². The molecular formula is C23H21BrN4OS. The van der Waals surface area contributed by atoms with Crippen LogP contribution in [0.4, 0.5) is 0 Å². The zero-order valence-electron chi connectivity index (χ0n) is 16.7. The Kier molecular flexibility index (Phi) is 6.59. The van der Waals surface area contributed by atoms with Crippen molar-refractivity contribution in [1.29, 1.82) is 0 Å². The zero-order valence-corrected chi connectivity index (χ0v) is 19.2. The number of hydrogen-bond donors (Lipinski definition) is 0. The molecule has 0 atom stereocenters. The molecule has 0 bridgehead atoms. The molecule has 0 radical (unpaired) electrons. The lowest BCUT2D eigenvalue weighted by molar-refractivity contribution is 0.391. The molecule has 4 aromatic rings. The van der Waals surface area contributed by atoms with E-state index in [1.165, 1.54) is 17.3 Å². The lowest BCUT2D eigenvalue weighted by Crippen LogP contribution is -1.94. The summed E-state index contributed by atoms with van der Waals surface area (Å²) in [6.45, 7) is 4.46. The maximum atomic E-state index is 5.36. The lowest BCUT2D eigenvalue weighted by atomic mass is 10.0. The highest BCUT2D eigenvalue weighted by molar-refractivity contribution is 9.10. The molecule has 0 N–H and O–H groups in total. The van der Waals surface area contributed by atoms with Crippen LogP contribution in [0.5, 0.6) is 0 Å². The topological polar surface area (TPSA) is 64.7 Å². The van der Waals surface area contributed by atoms with Crippen molar-refractivity contribution in [1.82, 2.24) is 20.3 Å². The van der Waals surface area contributed by atoms with Crippen LogP contribution in [0.2, 0.25) is 0 Å². The standard InChI is InChI=1S/C23H21BrN4OS/c1-15(2)13-16-3-5-17(6-4-16)20-11-12-22(27-26-20)30-14-21-25-23(28-29-21)18-7-9-19(24)10-8-18/h3-12,15H,13-14H2,1-2H3. The van der Waals surface area contributed by atoms with Crippen molar-refractivity contribution < 1.29 is 4.52 Å². The minimum absolute atomic E-state index is 0.543. The largest absolute Gasteiger partial charge is 0.338 e. The molecule has 0 saturated carbocycles. The number of thioether (sulfide) groups is 1. The van der Waals surface area contributed by atoms with Gasteiger partial charge in [0, 0.05) is 15.6 Å². The van der Waals surface area contributed by atoms with Gasteiger partial charge in [-0.2, -0.15) is 4.98 Å². The summed E-state index contributed by atoms with van der Waals surface area (Å²) in [7, 11) is 0. The third kappa shape index (κ3) is 5.34. The molecule has 152 valence electrons. The van der Waals surface area contributed by atoms with Gasteiger partial charge in [-0.15, -0.1) is 10.2 Å². The number of rotatable bonds is 7. The molecule has 0 aliphatic heterocycles. The van der Waals surface area contributed by atoms with E-state index in [9.17, 15) is 0 Å². The molecule has 0 aliphatic carbocycles. The Labute approximate surface area is 188 Å². The highest BCUT2D eigenvalue weighted by Gasteiger charge is 2.10. The summed E-state index contributed by atoms with van der Waals surface area (Å²) in [5.41, 5.74) is 4.20. The molecule has 0 spiro atoms. The van der Waals surface area contributed by atoms with Crippen LogP contribution in [0.25, 0.3) is 22.6 Å². The highest BCUT2D eigenvalue weighted by Crippen LogP contribution is 2.25. The maximum absolute atomic E-state index is 5.36. The van der Waals surface area contributed by atoms with Crippen molar-refractivity contribution in [2.75, 3.05) is 0 Å². The fourth-order valence-corrected chi connectivity index (χ4v) is 3.92. The average Bonchev–Trinajstić information content (AvgIpc) is 3.22. The Morgan fingerprint density at radius 3 is 2.30 bits per heavy atom. The number of halogens is 1. The Morgan fingerprint density at radius 2 is 1.63 bits per heavy atom. The minimum atomic E-state index is 0.543. The van der Waals surface area contributed by atoms with Crippen LogP contribution in [0.15, 0.2) is 74.7 Å². The second-order valence-electron chi connectivity index (χ2n) is 7.36. The molecule has 5 nitrogen and oxygen atoms in total. The Morgan fingerprint density at radius 1 is 0.900 bits per heavy atom. The van der Waals surface area contributed by atoms with Gasteiger partial charge < -0.3 is 4.52 Å². The molecule has 2 heterocycles. The summed E-state index contributed by atoms with van der Waals surface area (Å²) in [5.74, 6) is 2.34. The lowest BCUT2D eigenvalue weighted by Gasteiger charge is -2.06. The van der Waals surface area contributed by atoms with E-state index in [1.54, 1.807) is 0 Å². The molecule has 0 saturated heterocycles. The first-order chi connectivity index (χ1) is 14.6. The second kappa shape index (κ2) is 9.53. The molecule has 7 heteroatoms. The van der Waals surface area contributed by atoms with Gasteiger partial charge in [0.15, 0.2) is 0 Å². The zero-order chi connectivity index (χ0) is 20.9. The predicted octanol–water partition coefficient (Wildman–Crippen LogP) is 6.45. The number of nitrogens with zero attached hydrogens (tertiary/aromatic N) is 4. The van der Waals surface area contributed by atoms with Gasteiger partial charge >= 0.3 is 0 Å². The van der Waals surface area contributed by atoms with Gasteiger partial charge in [-0.3, -0.25) is 0 Å². The predicted molar refractivity (Wildman–Crippen MR) is 123 cm³/mol. The number of aromatic nitrogens is 4. The van der Waals surface area contributed by atoms with Crippen molar-refractivity contribution in [3.63, 3.8) is 0 Å². The Hall–Kier alpha value is -2.51. The van der Waals surface area contributed by atoms with Gasteiger partial charge in [0.1, 0.15) is 5.03 Å². The first kappa shape index (κ1) is 20.8. The highest BCUT2D eigenvalue weighted by atomic mass is 79.9. The molecule has 2 aromatic carbocycles. The van der Waals surface area contributed by atoms with Crippen molar-refractivity contribution in [2.45, 2.75) is 31.0 Å². The Bertz CT molecular complexity index is 1090. The third-order valence-corrected chi connectivity index (χ3v) is 5.88. The molecule has 2 aromatic heterocycles. The molecule has 0 fully saturated rings. The van der Waals surface area contributed by atoms with Crippen molar-refractivity contribution in [3.8, 4) is 22.6 Å². The molecule has 4 rings (SSSR count). The fraction of sp³-hybridized carbons (Fsp3) is 0.217. The maximum Gasteiger partial charge on any atom is 0.237 e. The van der Waals surface area contributed by atoms with E-state index in [-0.39, 0.29) is 0 Å². The molecule has 0 amide bonds. The van der Waals surface area contributed by atoms with E-state index in [1.807, 2.05) is 36.4 Å². The number of benzene rings is 2. The SMILES string of the molecule is CC(C)Cc1ccc(-c2ccc(SCc3nc(-c4ccc(Br)cc4)no3)nn2)cc1. The van der Waals surface area contributed by atoms with Crippen molar-refractivity contribution in [3.05, 3.63) is 76.6 Å². The van der Waals surface area contributed by atoms with Crippen LogP contribution in [-0.4, -0.2) is 20.3 Å². The smallest absolute Gasteiger partial charge is 0.237 e. The first-order valence-corrected chi connectivity index (χ1v) is 11.5. The summed E-state index contributed by atoms with van der Waals surface area (Å²) in [6, 6.07) is 20.3. The Balaban J connectivity index is 1.36. The summed E-state index contributed by atoms with van der Waals surface area (Å²) in [4.78, 5) is 4.46. The molecule has 30 heavy (non-hydrogen) atoms.